The molecule has 0 amide bonds. The number of thioether (sulfide) groups is 1. The van der Waals surface area contributed by atoms with Crippen LogP contribution in [0.2, 0.25) is 0 Å². The van der Waals surface area contributed by atoms with Gasteiger partial charge in [0.15, 0.2) is 0 Å². The van der Waals surface area contributed by atoms with Crippen LogP contribution in [0, 0.1) is 17.7 Å². The lowest BCUT2D eigenvalue weighted by Crippen LogP contribution is -1.89. The number of benzene rings is 2. The molecule has 0 saturated carbocycles. The summed E-state index contributed by atoms with van der Waals surface area (Å²) in [5.74, 6) is 5.49. The van der Waals surface area contributed by atoms with Gasteiger partial charge in [0, 0.05) is 20.7 Å². The molecule has 102 valence electrons. The smallest absolute Gasteiger partial charge is 0.128 e. The largest absolute Gasteiger partial charge is 0.384 e. The number of hydrogen-bond acceptors (Lipinski definition) is 2. The van der Waals surface area contributed by atoms with Crippen molar-refractivity contribution in [1.82, 2.24) is 0 Å². The number of aliphatic hydroxyl groups excluding tert-OH is 1. The molecule has 0 heterocycles. The van der Waals surface area contributed by atoms with Crippen LogP contribution in [0.15, 0.2) is 51.8 Å². The van der Waals surface area contributed by atoms with Crippen LogP contribution in [0.25, 0.3) is 0 Å². The average Bonchev–Trinajstić information content (AvgIpc) is 2.44. The zero-order valence-corrected chi connectivity index (χ0v) is 13.0. The molecule has 4 heteroatoms. The van der Waals surface area contributed by atoms with Gasteiger partial charge >= 0.3 is 0 Å². The molecule has 0 aliphatic rings. The van der Waals surface area contributed by atoms with Crippen LogP contribution in [0.1, 0.15) is 11.1 Å². The fourth-order valence-electron chi connectivity index (χ4n) is 1.60. The summed E-state index contributed by atoms with van der Waals surface area (Å²) in [5, 5.41) is 8.61. The first-order valence-electron chi connectivity index (χ1n) is 5.95. The Morgan fingerprint density at radius 3 is 2.75 bits per heavy atom. The normalized spacial score (nSPS) is 9.95. The van der Waals surface area contributed by atoms with Gasteiger partial charge in [0.25, 0.3) is 0 Å². The van der Waals surface area contributed by atoms with E-state index in [1.165, 1.54) is 6.07 Å². The molecule has 2 aromatic rings. The maximum atomic E-state index is 13.9. The zero-order chi connectivity index (χ0) is 14.4. The summed E-state index contributed by atoms with van der Waals surface area (Å²) in [6, 6.07) is 12.8. The third-order valence-electron chi connectivity index (χ3n) is 2.56. The van der Waals surface area contributed by atoms with E-state index in [0.717, 1.165) is 9.37 Å². The van der Waals surface area contributed by atoms with Crippen LogP contribution >= 0.6 is 27.7 Å². The van der Waals surface area contributed by atoms with Crippen LogP contribution < -0.4 is 0 Å². The summed E-state index contributed by atoms with van der Waals surface area (Å²) in [7, 11) is 0. The van der Waals surface area contributed by atoms with Gasteiger partial charge in [-0.05, 0) is 35.9 Å². The van der Waals surface area contributed by atoms with Gasteiger partial charge in [-0.1, -0.05) is 39.9 Å². The molecule has 0 spiro atoms. The molecule has 0 unspecified atom stereocenters. The second kappa shape index (κ2) is 7.49. The van der Waals surface area contributed by atoms with Crippen molar-refractivity contribution >= 4 is 27.7 Å². The van der Waals surface area contributed by atoms with E-state index in [2.05, 4.69) is 27.8 Å². The van der Waals surface area contributed by atoms with Crippen molar-refractivity contribution in [3.05, 3.63) is 63.9 Å². The Balaban J connectivity index is 2.06. The minimum atomic E-state index is -0.266. The highest BCUT2D eigenvalue weighted by Gasteiger charge is 2.04. The van der Waals surface area contributed by atoms with Crippen LogP contribution in [-0.2, 0) is 5.75 Å². The van der Waals surface area contributed by atoms with Crippen LogP contribution in [0.4, 0.5) is 4.39 Å². The summed E-state index contributed by atoms with van der Waals surface area (Å²) in [5.41, 5.74) is 1.22. The third kappa shape index (κ3) is 4.38. The Hall–Kier alpha value is -1.28. The Morgan fingerprint density at radius 2 is 2.05 bits per heavy atom. The number of aliphatic hydroxyl groups is 1. The Morgan fingerprint density at radius 1 is 1.20 bits per heavy atom. The lowest BCUT2D eigenvalue weighted by molar-refractivity contribution is 0.350. The van der Waals surface area contributed by atoms with E-state index in [4.69, 9.17) is 5.11 Å². The van der Waals surface area contributed by atoms with E-state index in [-0.39, 0.29) is 12.4 Å². The molecule has 0 fully saturated rings. The van der Waals surface area contributed by atoms with E-state index in [9.17, 15) is 4.39 Å². The van der Waals surface area contributed by atoms with Gasteiger partial charge in [0.05, 0.1) is 0 Å². The van der Waals surface area contributed by atoms with E-state index in [1.807, 2.05) is 24.3 Å². The lowest BCUT2D eigenvalue weighted by Gasteiger charge is -2.04. The van der Waals surface area contributed by atoms with Crippen LogP contribution in [-0.4, -0.2) is 11.7 Å². The first-order chi connectivity index (χ1) is 9.69. The molecular weight excluding hydrogens is 339 g/mol. The number of rotatable bonds is 3. The van der Waals surface area contributed by atoms with Crippen LogP contribution in [0.5, 0.6) is 0 Å². The highest BCUT2D eigenvalue weighted by molar-refractivity contribution is 9.10. The van der Waals surface area contributed by atoms with E-state index >= 15 is 0 Å². The van der Waals surface area contributed by atoms with Crippen molar-refractivity contribution in [3.63, 3.8) is 0 Å². The molecule has 2 aromatic carbocycles. The predicted molar refractivity (Wildman–Crippen MR) is 84.1 cm³/mol. The number of halogens is 2. The highest BCUT2D eigenvalue weighted by atomic mass is 79.9. The Bertz CT molecular complexity index is 661. The molecule has 0 aliphatic heterocycles. The van der Waals surface area contributed by atoms with Crippen molar-refractivity contribution in [2.75, 3.05) is 6.61 Å². The minimum Gasteiger partial charge on any atom is -0.384 e. The SMILES string of the molecule is OCC#Cc1ccc(CSc2cccc(Br)c2)c(F)c1. The molecule has 20 heavy (non-hydrogen) atoms. The van der Waals surface area contributed by atoms with Crippen molar-refractivity contribution in [3.8, 4) is 11.8 Å². The first-order valence-corrected chi connectivity index (χ1v) is 7.73. The highest BCUT2D eigenvalue weighted by Crippen LogP contribution is 2.26. The predicted octanol–water partition coefficient (Wildman–Crippen LogP) is 4.22. The summed E-state index contributed by atoms with van der Waals surface area (Å²) in [6.45, 7) is -0.220. The molecular formula is C16H12BrFOS. The molecule has 0 radical (unpaired) electrons. The fourth-order valence-corrected chi connectivity index (χ4v) is 3.09. The van der Waals surface area contributed by atoms with Crippen LogP contribution in [0.3, 0.4) is 0 Å². The maximum Gasteiger partial charge on any atom is 0.128 e. The van der Waals surface area contributed by atoms with Gasteiger partial charge in [-0.2, -0.15) is 0 Å². The molecule has 0 aliphatic carbocycles. The van der Waals surface area contributed by atoms with Crippen molar-refractivity contribution in [2.24, 2.45) is 0 Å². The standard InChI is InChI=1S/C16H12BrFOS/c17-14-4-1-5-15(10-14)20-11-13-7-6-12(3-2-8-19)9-16(13)18/h1,4-7,9-10,19H,8,11H2. The van der Waals surface area contributed by atoms with Gasteiger partial charge in [-0.3, -0.25) is 0 Å². The zero-order valence-electron chi connectivity index (χ0n) is 10.6. The molecule has 1 nitrogen and oxygen atoms in total. The topological polar surface area (TPSA) is 20.2 Å². The van der Waals surface area contributed by atoms with Gasteiger partial charge in [-0.25, -0.2) is 4.39 Å². The van der Waals surface area contributed by atoms with E-state index < -0.39 is 0 Å². The van der Waals surface area contributed by atoms with E-state index in [0.29, 0.717) is 16.9 Å². The maximum absolute atomic E-state index is 13.9. The first kappa shape index (κ1) is 15.1. The van der Waals surface area contributed by atoms with Crippen molar-refractivity contribution < 1.29 is 9.50 Å². The summed E-state index contributed by atoms with van der Waals surface area (Å²) < 4.78 is 14.9. The quantitative estimate of drug-likeness (QED) is 0.660. The second-order valence-corrected chi connectivity index (χ2v) is 5.98. The monoisotopic (exact) mass is 350 g/mol. The summed E-state index contributed by atoms with van der Waals surface area (Å²) >= 11 is 4.99. The van der Waals surface area contributed by atoms with Gasteiger partial charge in [0.1, 0.15) is 12.4 Å². The van der Waals surface area contributed by atoms with Gasteiger partial charge < -0.3 is 5.11 Å². The summed E-state index contributed by atoms with van der Waals surface area (Å²) in [6.07, 6.45) is 0. The fraction of sp³-hybridized carbons (Fsp3) is 0.125. The average molecular weight is 351 g/mol. The van der Waals surface area contributed by atoms with Crippen molar-refractivity contribution in [1.29, 1.82) is 0 Å². The molecule has 0 saturated heterocycles. The molecule has 0 atom stereocenters. The van der Waals surface area contributed by atoms with Crippen molar-refractivity contribution in [2.45, 2.75) is 10.6 Å². The third-order valence-corrected chi connectivity index (χ3v) is 4.09. The molecule has 0 bridgehead atoms. The lowest BCUT2D eigenvalue weighted by atomic mass is 10.1. The Labute approximate surface area is 130 Å². The van der Waals surface area contributed by atoms with E-state index in [1.54, 1.807) is 23.9 Å². The second-order valence-electron chi connectivity index (χ2n) is 4.01. The Kier molecular flexibility index (Phi) is 5.66. The molecule has 0 aromatic heterocycles. The minimum absolute atomic E-state index is 0.220. The molecule has 2 rings (SSSR count). The number of hydrogen-bond donors (Lipinski definition) is 1. The summed E-state index contributed by atoms with van der Waals surface area (Å²) in [4.78, 5) is 1.09. The van der Waals surface area contributed by atoms with Gasteiger partial charge in [-0.15, -0.1) is 11.8 Å². The van der Waals surface area contributed by atoms with Gasteiger partial charge in [0.2, 0.25) is 0 Å². The molecule has 1 N–H and O–H groups in total.